The van der Waals surface area contributed by atoms with Gasteiger partial charge in [0.1, 0.15) is 11.4 Å². The first-order chi connectivity index (χ1) is 17.9. The van der Waals surface area contributed by atoms with Crippen LogP contribution in [0.2, 0.25) is 0 Å². The van der Waals surface area contributed by atoms with Gasteiger partial charge in [0.05, 0.1) is 5.92 Å². The summed E-state index contributed by atoms with van der Waals surface area (Å²) in [5.41, 5.74) is 4.13. The SMILES string of the molecule is C[C@]12C3C(=O)[C@@H]4C(c5ccccc5)=C(c5ccccc5)[C@@]1(O)[C@]4(C)c1ccccc1[C@@]32c1ccccc1. The Bertz CT molecular complexity index is 1640. The maximum atomic E-state index is 14.9. The molecule has 8 rings (SSSR count). The first-order valence-corrected chi connectivity index (χ1v) is 13.2. The van der Waals surface area contributed by atoms with Crippen molar-refractivity contribution >= 4 is 16.9 Å². The number of hydrogen-bond acceptors (Lipinski definition) is 2. The number of hydrogen-bond donors (Lipinski definition) is 1. The number of ketones is 1. The summed E-state index contributed by atoms with van der Waals surface area (Å²) in [7, 11) is 0. The molecule has 2 nitrogen and oxygen atoms in total. The summed E-state index contributed by atoms with van der Waals surface area (Å²) < 4.78 is 0. The monoisotopic (exact) mass is 480 g/mol. The number of fused-ring (bicyclic) bond motifs is 3. The van der Waals surface area contributed by atoms with Crippen molar-refractivity contribution < 1.29 is 9.90 Å². The average molecular weight is 481 g/mol. The fourth-order valence-electron chi connectivity index (χ4n) is 9.39. The number of Topliss-reactive ketones (excluding diaryl/α,β-unsaturated/α-hetero) is 1. The minimum atomic E-state index is -1.24. The van der Waals surface area contributed by atoms with E-state index < -0.39 is 27.8 Å². The topological polar surface area (TPSA) is 37.3 Å². The Morgan fingerprint density at radius 1 is 0.649 bits per heavy atom. The maximum absolute atomic E-state index is 14.9. The summed E-state index contributed by atoms with van der Waals surface area (Å²) in [6.07, 6.45) is 0. The van der Waals surface area contributed by atoms with E-state index in [1.807, 2.05) is 42.5 Å². The van der Waals surface area contributed by atoms with Gasteiger partial charge in [0.15, 0.2) is 0 Å². The van der Waals surface area contributed by atoms with E-state index in [1.54, 1.807) is 0 Å². The lowest BCUT2D eigenvalue weighted by Gasteiger charge is -2.56. The van der Waals surface area contributed by atoms with E-state index in [4.69, 9.17) is 0 Å². The third-order valence-electron chi connectivity index (χ3n) is 10.6. The lowest BCUT2D eigenvalue weighted by Crippen LogP contribution is -2.63. The Morgan fingerprint density at radius 2 is 1.16 bits per heavy atom. The molecule has 2 fully saturated rings. The number of rotatable bonds is 3. The number of benzene rings is 4. The molecule has 0 amide bonds. The smallest absolute Gasteiger partial charge is 0.146 e. The van der Waals surface area contributed by atoms with Crippen molar-refractivity contribution in [2.24, 2.45) is 17.3 Å². The molecule has 4 aromatic rings. The molecule has 0 spiro atoms. The fourth-order valence-corrected chi connectivity index (χ4v) is 9.39. The molecule has 0 saturated heterocycles. The van der Waals surface area contributed by atoms with Gasteiger partial charge >= 0.3 is 0 Å². The Labute approximate surface area is 217 Å². The van der Waals surface area contributed by atoms with Crippen LogP contribution in [0.15, 0.2) is 115 Å². The first-order valence-electron chi connectivity index (χ1n) is 13.2. The Balaban J connectivity index is 1.57. The van der Waals surface area contributed by atoms with Gasteiger partial charge in [0, 0.05) is 22.2 Å². The molecule has 0 heterocycles. The fraction of sp³-hybridized carbons (Fsp3) is 0.229. The lowest BCUT2D eigenvalue weighted by atomic mass is 9.49. The van der Waals surface area contributed by atoms with E-state index >= 15 is 0 Å². The molecule has 1 N–H and O–H groups in total. The molecule has 0 aliphatic heterocycles. The van der Waals surface area contributed by atoms with Crippen LogP contribution < -0.4 is 0 Å². The normalized spacial score (nSPS) is 36.4. The van der Waals surface area contributed by atoms with Gasteiger partial charge in [-0.05, 0) is 39.0 Å². The third kappa shape index (κ3) is 1.97. The van der Waals surface area contributed by atoms with Gasteiger partial charge in [-0.3, -0.25) is 4.79 Å². The van der Waals surface area contributed by atoms with E-state index in [2.05, 4.69) is 86.6 Å². The van der Waals surface area contributed by atoms with Gasteiger partial charge < -0.3 is 5.11 Å². The number of allylic oxidation sites excluding steroid dienone is 1. The molecule has 4 aliphatic carbocycles. The standard InChI is InChI=1S/C35H28O2/c1-32-25-20-12-13-21-26(25)34(24-18-10-5-11-19-24)31-30(36)29(32)27(22-14-6-3-7-15-22)28(23-16-8-4-9-17-23)35(32,37)33(31,34)2/h3-21,29,31,37H,1-2H3/t29-,31?,32+,33+,34-,35+/m0/s1. The summed E-state index contributed by atoms with van der Waals surface area (Å²) in [4.78, 5) is 14.9. The zero-order chi connectivity index (χ0) is 25.2. The van der Waals surface area contributed by atoms with Crippen LogP contribution in [0.4, 0.5) is 0 Å². The highest BCUT2D eigenvalue weighted by molar-refractivity contribution is 6.17. The molecule has 6 atom stereocenters. The van der Waals surface area contributed by atoms with Crippen molar-refractivity contribution in [2.75, 3.05) is 0 Å². The average Bonchev–Trinajstić information content (AvgIpc) is 3.51. The largest absolute Gasteiger partial charge is 0.384 e. The van der Waals surface area contributed by atoms with Crippen LogP contribution in [0.1, 0.15) is 41.7 Å². The molecule has 4 bridgehead atoms. The summed E-state index contributed by atoms with van der Waals surface area (Å²) in [6, 6.07) is 39.5. The van der Waals surface area contributed by atoms with Crippen molar-refractivity contribution in [3.63, 3.8) is 0 Å². The van der Waals surface area contributed by atoms with E-state index in [0.717, 1.165) is 33.4 Å². The molecule has 4 aromatic carbocycles. The van der Waals surface area contributed by atoms with Crippen molar-refractivity contribution in [2.45, 2.75) is 30.3 Å². The minimum Gasteiger partial charge on any atom is -0.384 e. The molecule has 2 heteroatoms. The van der Waals surface area contributed by atoms with Crippen LogP contribution in [-0.4, -0.2) is 16.5 Å². The molecule has 180 valence electrons. The van der Waals surface area contributed by atoms with Gasteiger partial charge in [-0.25, -0.2) is 0 Å². The van der Waals surface area contributed by atoms with Crippen LogP contribution in [0.5, 0.6) is 0 Å². The van der Waals surface area contributed by atoms with Gasteiger partial charge in [-0.15, -0.1) is 0 Å². The van der Waals surface area contributed by atoms with Crippen LogP contribution in [-0.2, 0) is 15.6 Å². The summed E-state index contributed by atoms with van der Waals surface area (Å²) in [5.74, 6) is -0.462. The Kier molecular flexibility index (Phi) is 3.79. The molecule has 37 heavy (non-hydrogen) atoms. The highest BCUT2D eigenvalue weighted by Gasteiger charge is 2.95. The lowest BCUT2D eigenvalue weighted by molar-refractivity contribution is -0.139. The molecule has 4 aliphatic rings. The second-order valence-electron chi connectivity index (χ2n) is 11.6. The predicted molar refractivity (Wildman–Crippen MR) is 146 cm³/mol. The maximum Gasteiger partial charge on any atom is 0.146 e. The minimum absolute atomic E-state index is 0.263. The van der Waals surface area contributed by atoms with E-state index in [0.29, 0.717) is 0 Å². The number of aliphatic hydroxyl groups is 1. The quantitative estimate of drug-likeness (QED) is 0.367. The molecular formula is C35H28O2. The van der Waals surface area contributed by atoms with Crippen molar-refractivity contribution in [1.29, 1.82) is 0 Å². The van der Waals surface area contributed by atoms with E-state index in [1.165, 1.54) is 5.56 Å². The van der Waals surface area contributed by atoms with E-state index in [-0.39, 0.29) is 11.7 Å². The van der Waals surface area contributed by atoms with Crippen LogP contribution in [0, 0.1) is 17.3 Å². The second kappa shape index (κ2) is 6.57. The van der Waals surface area contributed by atoms with Gasteiger partial charge in [0.2, 0.25) is 0 Å². The predicted octanol–water partition coefficient (Wildman–Crippen LogP) is 6.43. The summed E-state index contributed by atoms with van der Waals surface area (Å²) in [5, 5.41) is 13.6. The van der Waals surface area contributed by atoms with E-state index in [9.17, 15) is 9.90 Å². The Hall–Kier alpha value is -3.75. The van der Waals surface area contributed by atoms with Gasteiger partial charge in [-0.2, -0.15) is 0 Å². The molecule has 0 radical (unpaired) electrons. The van der Waals surface area contributed by atoms with Crippen LogP contribution in [0.25, 0.3) is 11.1 Å². The zero-order valence-electron chi connectivity index (χ0n) is 21.0. The number of carbonyl (C=O) groups is 1. The third-order valence-corrected chi connectivity index (χ3v) is 10.6. The van der Waals surface area contributed by atoms with Crippen molar-refractivity contribution in [1.82, 2.24) is 0 Å². The summed E-state index contributed by atoms with van der Waals surface area (Å²) in [6.45, 7) is 4.34. The number of carbonyl (C=O) groups excluding carboxylic acids is 1. The van der Waals surface area contributed by atoms with Gasteiger partial charge in [-0.1, -0.05) is 129 Å². The van der Waals surface area contributed by atoms with Crippen molar-refractivity contribution in [3.8, 4) is 0 Å². The second-order valence-corrected chi connectivity index (χ2v) is 11.6. The zero-order valence-corrected chi connectivity index (χ0v) is 21.0. The molecule has 1 unspecified atom stereocenters. The summed E-state index contributed by atoms with van der Waals surface area (Å²) >= 11 is 0. The highest BCUT2D eigenvalue weighted by Crippen LogP contribution is 2.90. The Morgan fingerprint density at radius 3 is 1.78 bits per heavy atom. The highest BCUT2D eigenvalue weighted by atomic mass is 16.3. The molecular weight excluding hydrogens is 452 g/mol. The first kappa shape index (κ1) is 21.3. The van der Waals surface area contributed by atoms with Crippen molar-refractivity contribution in [3.05, 3.63) is 143 Å². The van der Waals surface area contributed by atoms with Crippen LogP contribution in [0.3, 0.4) is 0 Å². The van der Waals surface area contributed by atoms with Gasteiger partial charge in [0.25, 0.3) is 0 Å². The molecule has 0 aromatic heterocycles. The molecule has 2 saturated carbocycles. The van der Waals surface area contributed by atoms with Crippen LogP contribution >= 0.6 is 0 Å².